The summed E-state index contributed by atoms with van der Waals surface area (Å²) in [5.41, 5.74) is 6.86. The van der Waals surface area contributed by atoms with Gasteiger partial charge in [0.25, 0.3) is 0 Å². The highest BCUT2D eigenvalue weighted by Crippen LogP contribution is 2.66. The fraction of sp³-hybridized carbons (Fsp3) is 0.581. The number of hydrogen-bond donors (Lipinski definition) is 0. The molecule has 0 spiro atoms. The lowest BCUT2D eigenvalue weighted by molar-refractivity contribution is 0.200. The Bertz CT molecular complexity index is 899. The molecule has 1 heterocycles. The molecule has 3 saturated carbocycles. The van der Waals surface area contributed by atoms with E-state index in [4.69, 9.17) is 4.99 Å². The molecule has 32 heavy (non-hydrogen) atoms. The zero-order chi connectivity index (χ0) is 23.0. The van der Waals surface area contributed by atoms with E-state index in [9.17, 15) is 0 Å². The van der Waals surface area contributed by atoms with Crippen LogP contribution in [-0.2, 0) is 5.41 Å². The SMILES string of the molecule is C=CC1CCC(CC23CC2(C)c2c(C)cccc2C=N3)CC1.C=CCC1(CC)CC(=C)C1. The molecule has 0 bridgehead atoms. The Hall–Kier alpha value is -1.89. The van der Waals surface area contributed by atoms with E-state index in [0.717, 1.165) is 11.8 Å². The van der Waals surface area contributed by atoms with Crippen LogP contribution in [0.3, 0.4) is 0 Å². The van der Waals surface area contributed by atoms with E-state index in [1.807, 2.05) is 6.08 Å². The number of aliphatic imine (C=N–C) groups is 1. The van der Waals surface area contributed by atoms with Crippen molar-refractivity contribution >= 4 is 6.21 Å². The van der Waals surface area contributed by atoms with Crippen LogP contribution in [-0.4, -0.2) is 11.8 Å². The fourth-order valence-electron chi connectivity index (χ4n) is 7.10. The Kier molecular flexibility index (Phi) is 6.40. The van der Waals surface area contributed by atoms with Crippen molar-refractivity contribution in [2.75, 3.05) is 0 Å². The van der Waals surface area contributed by atoms with E-state index < -0.39 is 0 Å². The third kappa shape index (κ3) is 4.09. The maximum atomic E-state index is 5.08. The molecular weight excluding hydrogens is 386 g/mol. The Morgan fingerprint density at radius 1 is 1.12 bits per heavy atom. The number of benzene rings is 1. The summed E-state index contributed by atoms with van der Waals surface area (Å²) in [4.78, 5) is 5.08. The summed E-state index contributed by atoms with van der Waals surface area (Å²) < 4.78 is 0. The highest BCUT2D eigenvalue weighted by molar-refractivity contribution is 5.87. The Morgan fingerprint density at radius 2 is 1.84 bits per heavy atom. The van der Waals surface area contributed by atoms with Gasteiger partial charge >= 0.3 is 0 Å². The molecule has 172 valence electrons. The van der Waals surface area contributed by atoms with E-state index in [0.29, 0.717) is 5.41 Å². The van der Waals surface area contributed by atoms with E-state index in [2.05, 4.69) is 71.0 Å². The molecule has 1 aromatic carbocycles. The van der Waals surface area contributed by atoms with Gasteiger partial charge in [-0.15, -0.1) is 13.2 Å². The summed E-state index contributed by atoms with van der Waals surface area (Å²) in [6, 6.07) is 6.66. The third-order valence-electron chi connectivity index (χ3n) is 9.28. The first-order chi connectivity index (χ1) is 15.3. The maximum absolute atomic E-state index is 5.08. The Morgan fingerprint density at radius 3 is 2.44 bits per heavy atom. The molecule has 0 saturated heterocycles. The van der Waals surface area contributed by atoms with Crippen molar-refractivity contribution in [3.8, 4) is 0 Å². The summed E-state index contributed by atoms with van der Waals surface area (Å²) >= 11 is 0. The molecule has 3 fully saturated rings. The Labute approximate surface area is 196 Å². The van der Waals surface area contributed by atoms with Crippen molar-refractivity contribution in [1.82, 2.24) is 0 Å². The highest BCUT2D eigenvalue weighted by Gasteiger charge is 2.67. The quantitative estimate of drug-likeness (QED) is 0.402. The molecule has 2 unspecified atom stereocenters. The van der Waals surface area contributed by atoms with Gasteiger partial charge in [0.15, 0.2) is 0 Å². The number of fused-ring (bicyclic) bond motifs is 3. The first-order valence-electron chi connectivity index (χ1n) is 12.9. The van der Waals surface area contributed by atoms with Gasteiger partial charge in [-0.25, -0.2) is 0 Å². The van der Waals surface area contributed by atoms with Gasteiger partial charge in [-0.3, -0.25) is 4.99 Å². The number of nitrogens with zero attached hydrogens (tertiary/aromatic N) is 1. The normalized spacial score (nSPS) is 33.7. The minimum absolute atomic E-state index is 0.206. The molecule has 4 aliphatic rings. The zero-order valence-electron chi connectivity index (χ0n) is 20.8. The van der Waals surface area contributed by atoms with Crippen molar-refractivity contribution in [3.05, 3.63) is 72.4 Å². The van der Waals surface area contributed by atoms with Crippen LogP contribution in [0.1, 0.15) is 94.7 Å². The second kappa shape index (κ2) is 8.81. The number of aryl methyl sites for hydroxylation is 1. The van der Waals surface area contributed by atoms with Crippen molar-refractivity contribution in [3.63, 3.8) is 0 Å². The summed E-state index contributed by atoms with van der Waals surface area (Å²) in [7, 11) is 0. The molecule has 1 nitrogen and oxygen atoms in total. The second-order valence-corrected chi connectivity index (χ2v) is 11.5. The maximum Gasteiger partial charge on any atom is 0.0715 e. The molecular formula is C31H43N. The van der Waals surface area contributed by atoms with Crippen LogP contribution < -0.4 is 0 Å². The van der Waals surface area contributed by atoms with E-state index in [1.165, 1.54) is 80.9 Å². The van der Waals surface area contributed by atoms with Crippen molar-refractivity contribution < 1.29 is 0 Å². The molecule has 3 aliphatic carbocycles. The first kappa shape index (κ1) is 23.3. The topological polar surface area (TPSA) is 12.4 Å². The number of hydrogen-bond acceptors (Lipinski definition) is 1. The molecule has 0 amide bonds. The highest BCUT2D eigenvalue weighted by atomic mass is 15.0. The van der Waals surface area contributed by atoms with Crippen LogP contribution in [0.25, 0.3) is 0 Å². The monoisotopic (exact) mass is 429 g/mol. The summed E-state index contributed by atoms with van der Waals surface area (Å²) in [6.45, 7) is 18.7. The van der Waals surface area contributed by atoms with Crippen LogP contribution in [0, 0.1) is 24.2 Å². The predicted octanol–water partition coefficient (Wildman–Crippen LogP) is 8.52. The minimum Gasteiger partial charge on any atom is -0.285 e. The molecule has 0 N–H and O–H groups in total. The van der Waals surface area contributed by atoms with Gasteiger partial charge < -0.3 is 0 Å². The molecule has 1 aromatic rings. The summed E-state index contributed by atoms with van der Waals surface area (Å²) in [6.07, 6.45) is 19.2. The largest absolute Gasteiger partial charge is 0.285 e. The van der Waals surface area contributed by atoms with Gasteiger partial charge in [-0.1, -0.05) is 56.4 Å². The average molecular weight is 430 g/mol. The van der Waals surface area contributed by atoms with Gasteiger partial charge in [0, 0.05) is 11.6 Å². The van der Waals surface area contributed by atoms with E-state index >= 15 is 0 Å². The molecule has 0 aromatic heterocycles. The van der Waals surface area contributed by atoms with E-state index in [-0.39, 0.29) is 11.0 Å². The van der Waals surface area contributed by atoms with Crippen LogP contribution in [0.5, 0.6) is 0 Å². The van der Waals surface area contributed by atoms with Crippen molar-refractivity contribution in [1.29, 1.82) is 0 Å². The lowest BCUT2D eigenvalue weighted by Crippen LogP contribution is -2.29. The van der Waals surface area contributed by atoms with E-state index in [1.54, 1.807) is 5.56 Å². The van der Waals surface area contributed by atoms with Crippen molar-refractivity contribution in [2.45, 2.75) is 95.9 Å². The smallest absolute Gasteiger partial charge is 0.0715 e. The first-order valence-corrected chi connectivity index (χ1v) is 12.9. The second-order valence-electron chi connectivity index (χ2n) is 11.5. The van der Waals surface area contributed by atoms with Gasteiger partial charge in [0.05, 0.1) is 5.54 Å². The van der Waals surface area contributed by atoms with Crippen LogP contribution in [0.2, 0.25) is 0 Å². The van der Waals surface area contributed by atoms with Gasteiger partial charge in [-0.05, 0) is 105 Å². The van der Waals surface area contributed by atoms with Gasteiger partial charge in [0.1, 0.15) is 0 Å². The Balaban J connectivity index is 0.000000207. The lowest BCUT2D eigenvalue weighted by Gasteiger charge is -2.42. The molecule has 1 aliphatic heterocycles. The number of rotatable bonds is 6. The number of allylic oxidation sites excluding steroid dienone is 3. The molecule has 0 radical (unpaired) electrons. The predicted molar refractivity (Wildman–Crippen MR) is 140 cm³/mol. The minimum atomic E-state index is 0.206. The van der Waals surface area contributed by atoms with Gasteiger partial charge in [0.2, 0.25) is 0 Å². The molecule has 1 heteroatoms. The summed E-state index contributed by atoms with van der Waals surface area (Å²) in [5.74, 6) is 1.62. The van der Waals surface area contributed by atoms with Crippen LogP contribution in [0.4, 0.5) is 0 Å². The summed E-state index contributed by atoms with van der Waals surface area (Å²) in [5, 5.41) is 0. The third-order valence-corrected chi connectivity index (χ3v) is 9.28. The van der Waals surface area contributed by atoms with Crippen LogP contribution in [0.15, 0.2) is 60.7 Å². The fourth-order valence-corrected chi connectivity index (χ4v) is 7.10. The standard InChI is InChI=1S/C21H27N.C10H16/c1-4-16-8-10-17(11-9-16)12-21-14-20(21,3)19-15(2)6-5-7-18(19)13-22-21;1-4-6-10(5-2)7-9(3)8-10/h4-7,13,16-17H,1,8-12,14H2,2-3H3;4H,1,3,5-8H2,2H3. The van der Waals surface area contributed by atoms with Crippen molar-refractivity contribution in [2.24, 2.45) is 22.2 Å². The van der Waals surface area contributed by atoms with Gasteiger partial charge in [-0.2, -0.15) is 0 Å². The van der Waals surface area contributed by atoms with Crippen LogP contribution >= 0.6 is 0 Å². The lowest BCUT2D eigenvalue weighted by atomic mass is 9.62. The zero-order valence-corrected chi connectivity index (χ0v) is 20.8. The average Bonchev–Trinajstić information content (AvgIpc) is 3.38. The molecule has 5 rings (SSSR count). The molecule has 2 atom stereocenters.